The molecule has 5 nitrogen and oxygen atoms in total. The van der Waals surface area contributed by atoms with Crippen molar-refractivity contribution in [3.63, 3.8) is 0 Å². The highest BCUT2D eigenvalue weighted by Crippen LogP contribution is 2.19. The Kier molecular flexibility index (Phi) is 5.43. The van der Waals surface area contributed by atoms with E-state index in [-0.39, 0.29) is 11.5 Å². The van der Waals surface area contributed by atoms with Gasteiger partial charge in [0.05, 0.1) is 18.8 Å². The Hall–Kier alpha value is -2.40. The summed E-state index contributed by atoms with van der Waals surface area (Å²) in [5.74, 6) is 0.327. The Labute approximate surface area is 141 Å². The van der Waals surface area contributed by atoms with E-state index >= 15 is 0 Å². The average Bonchev–Trinajstić information content (AvgIpc) is 2.63. The van der Waals surface area contributed by atoms with Crippen molar-refractivity contribution in [2.75, 3.05) is 19.7 Å². The van der Waals surface area contributed by atoms with E-state index in [0.29, 0.717) is 31.2 Å². The molecular formula is C19H22N2O3. The van der Waals surface area contributed by atoms with Crippen molar-refractivity contribution >= 4 is 5.91 Å². The van der Waals surface area contributed by atoms with E-state index in [9.17, 15) is 9.59 Å². The second kappa shape index (κ2) is 7.93. The van der Waals surface area contributed by atoms with Crippen molar-refractivity contribution in [3.8, 4) is 0 Å². The molecule has 1 saturated heterocycles. The standard InChI is InChI=1S/C19H22N2O3/c22-18-9-8-17(11-20-18)19(23)21-10-4-7-16(12-21)14-24-13-15-5-2-1-3-6-15/h1-3,5-6,8-9,11,16H,4,7,10,12-14H2,(H,20,22). The third-order valence-corrected chi connectivity index (χ3v) is 4.30. The molecule has 0 aliphatic carbocycles. The molecule has 126 valence electrons. The van der Waals surface area contributed by atoms with Crippen LogP contribution in [0.5, 0.6) is 0 Å². The third kappa shape index (κ3) is 4.32. The fraction of sp³-hybridized carbons (Fsp3) is 0.368. The number of H-pyrrole nitrogens is 1. The zero-order valence-corrected chi connectivity index (χ0v) is 13.6. The number of ether oxygens (including phenoxy) is 1. The Morgan fingerprint density at radius 1 is 1.21 bits per heavy atom. The average molecular weight is 326 g/mol. The first-order valence-electron chi connectivity index (χ1n) is 8.32. The lowest BCUT2D eigenvalue weighted by Crippen LogP contribution is -2.41. The highest BCUT2D eigenvalue weighted by atomic mass is 16.5. The molecule has 0 radical (unpaired) electrons. The molecule has 1 aliphatic rings. The topological polar surface area (TPSA) is 62.4 Å². The molecule has 1 atom stereocenters. The van der Waals surface area contributed by atoms with Gasteiger partial charge < -0.3 is 14.6 Å². The first-order valence-corrected chi connectivity index (χ1v) is 8.32. The van der Waals surface area contributed by atoms with Gasteiger partial charge in [-0.2, -0.15) is 0 Å². The minimum absolute atomic E-state index is 0.0287. The maximum absolute atomic E-state index is 12.5. The van der Waals surface area contributed by atoms with Gasteiger partial charge in [-0.3, -0.25) is 9.59 Å². The van der Waals surface area contributed by atoms with Gasteiger partial charge in [-0.05, 0) is 30.4 Å². The maximum atomic E-state index is 12.5. The number of rotatable bonds is 5. The van der Waals surface area contributed by atoms with E-state index in [1.54, 1.807) is 6.07 Å². The zero-order valence-electron chi connectivity index (χ0n) is 13.6. The Morgan fingerprint density at radius 2 is 2.04 bits per heavy atom. The second-order valence-corrected chi connectivity index (χ2v) is 6.20. The summed E-state index contributed by atoms with van der Waals surface area (Å²) in [6.07, 6.45) is 3.54. The molecule has 24 heavy (non-hydrogen) atoms. The van der Waals surface area contributed by atoms with Crippen LogP contribution in [-0.2, 0) is 11.3 Å². The summed E-state index contributed by atoms with van der Waals surface area (Å²) in [5.41, 5.74) is 1.49. The molecule has 1 aromatic heterocycles. The van der Waals surface area contributed by atoms with Crippen molar-refractivity contribution in [1.82, 2.24) is 9.88 Å². The summed E-state index contributed by atoms with van der Waals surface area (Å²) in [7, 11) is 0. The predicted molar refractivity (Wildman–Crippen MR) is 91.8 cm³/mol. The van der Waals surface area contributed by atoms with Crippen LogP contribution in [0.2, 0.25) is 0 Å². The van der Waals surface area contributed by atoms with Crippen LogP contribution in [0.4, 0.5) is 0 Å². The molecule has 5 heteroatoms. The highest BCUT2D eigenvalue weighted by molar-refractivity contribution is 5.93. The molecule has 2 heterocycles. The summed E-state index contributed by atoms with van der Waals surface area (Å²) in [4.78, 5) is 28.0. The SMILES string of the molecule is O=C(c1ccc(=O)[nH]c1)N1CCCC(COCc2ccccc2)C1. The summed E-state index contributed by atoms with van der Waals surface area (Å²) in [5, 5.41) is 0. The number of likely N-dealkylation sites (tertiary alicyclic amines) is 1. The monoisotopic (exact) mass is 326 g/mol. The van der Waals surface area contributed by atoms with Crippen LogP contribution in [0, 0.1) is 5.92 Å². The number of piperidine rings is 1. The van der Waals surface area contributed by atoms with E-state index in [1.165, 1.54) is 12.3 Å². The first-order chi connectivity index (χ1) is 11.7. The second-order valence-electron chi connectivity index (χ2n) is 6.20. The molecule has 1 aliphatic heterocycles. The molecule has 0 spiro atoms. The van der Waals surface area contributed by atoms with Crippen LogP contribution in [0.3, 0.4) is 0 Å². The van der Waals surface area contributed by atoms with E-state index in [0.717, 1.165) is 24.9 Å². The van der Waals surface area contributed by atoms with Crippen molar-refractivity contribution in [2.45, 2.75) is 19.4 Å². The molecule has 1 aromatic carbocycles. The van der Waals surface area contributed by atoms with E-state index in [4.69, 9.17) is 4.74 Å². The number of hydrogen-bond donors (Lipinski definition) is 1. The van der Waals surface area contributed by atoms with Crippen LogP contribution >= 0.6 is 0 Å². The number of pyridine rings is 1. The van der Waals surface area contributed by atoms with Crippen LogP contribution in [0.1, 0.15) is 28.8 Å². The number of nitrogens with zero attached hydrogens (tertiary/aromatic N) is 1. The molecule has 1 unspecified atom stereocenters. The number of amides is 1. The molecule has 1 fully saturated rings. The summed E-state index contributed by atoms with van der Waals surface area (Å²) in [6.45, 7) is 2.72. The minimum atomic E-state index is -0.197. The number of aromatic nitrogens is 1. The minimum Gasteiger partial charge on any atom is -0.376 e. The molecule has 1 N–H and O–H groups in total. The number of benzene rings is 1. The molecule has 2 aromatic rings. The maximum Gasteiger partial charge on any atom is 0.255 e. The molecule has 3 rings (SSSR count). The summed E-state index contributed by atoms with van der Waals surface area (Å²) >= 11 is 0. The first kappa shape index (κ1) is 16.5. The molecular weight excluding hydrogens is 304 g/mol. The number of aromatic amines is 1. The van der Waals surface area contributed by atoms with Crippen LogP contribution in [-0.4, -0.2) is 35.5 Å². The highest BCUT2D eigenvalue weighted by Gasteiger charge is 2.24. The summed E-state index contributed by atoms with van der Waals surface area (Å²) < 4.78 is 5.82. The van der Waals surface area contributed by atoms with Crippen LogP contribution < -0.4 is 5.56 Å². The zero-order chi connectivity index (χ0) is 16.8. The van der Waals surface area contributed by atoms with Gasteiger partial charge in [0.1, 0.15) is 0 Å². The Bertz CT molecular complexity index is 706. The number of carbonyl (C=O) groups is 1. The molecule has 0 bridgehead atoms. The van der Waals surface area contributed by atoms with Crippen LogP contribution in [0.15, 0.2) is 53.5 Å². The van der Waals surface area contributed by atoms with E-state index in [1.807, 2.05) is 35.2 Å². The van der Waals surface area contributed by atoms with Crippen molar-refractivity contribution in [1.29, 1.82) is 0 Å². The fourth-order valence-corrected chi connectivity index (χ4v) is 3.03. The number of nitrogens with one attached hydrogen (secondary N) is 1. The Morgan fingerprint density at radius 3 is 2.79 bits per heavy atom. The molecule has 0 saturated carbocycles. The Balaban J connectivity index is 1.51. The van der Waals surface area contributed by atoms with Gasteiger partial charge in [-0.25, -0.2) is 0 Å². The molecule has 1 amide bonds. The van der Waals surface area contributed by atoms with E-state index in [2.05, 4.69) is 4.98 Å². The van der Waals surface area contributed by atoms with Gasteiger partial charge in [0.2, 0.25) is 5.56 Å². The smallest absolute Gasteiger partial charge is 0.255 e. The van der Waals surface area contributed by atoms with Gasteiger partial charge >= 0.3 is 0 Å². The van der Waals surface area contributed by atoms with Crippen molar-refractivity contribution in [2.24, 2.45) is 5.92 Å². The fourth-order valence-electron chi connectivity index (χ4n) is 3.03. The van der Waals surface area contributed by atoms with Gasteiger partial charge in [0.15, 0.2) is 0 Å². The van der Waals surface area contributed by atoms with Gasteiger partial charge in [-0.1, -0.05) is 30.3 Å². The number of hydrogen-bond acceptors (Lipinski definition) is 3. The number of carbonyl (C=O) groups excluding carboxylic acids is 1. The van der Waals surface area contributed by atoms with Gasteiger partial charge in [-0.15, -0.1) is 0 Å². The van der Waals surface area contributed by atoms with Gasteiger partial charge in [0.25, 0.3) is 5.91 Å². The van der Waals surface area contributed by atoms with Crippen molar-refractivity contribution in [3.05, 3.63) is 70.1 Å². The normalized spacial score (nSPS) is 17.7. The third-order valence-electron chi connectivity index (χ3n) is 4.30. The van der Waals surface area contributed by atoms with Crippen molar-refractivity contribution < 1.29 is 9.53 Å². The van der Waals surface area contributed by atoms with E-state index < -0.39 is 0 Å². The lowest BCUT2D eigenvalue weighted by molar-refractivity contribution is 0.0425. The quantitative estimate of drug-likeness (QED) is 0.918. The largest absolute Gasteiger partial charge is 0.376 e. The predicted octanol–water partition coefficient (Wildman–Crippen LogP) is 2.44. The summed E-state index contributed by atoms with van der Waals surface area (Å²) in [6, 6.07) is 13.1. The lowest BCUT2D eigenvalue weighted by Gasteiger charge is -2.32. The van der Waals surface area contributed by atoms with Crippen LogP contribution in [0.25, 0.3) is 0 Å². The lowest BCUT2D eigenvalue weighted by atomic mass is 9.98. The van der Waals surface area contributed by atoms with Gasteiger partial charge in [0, 0.05) is 25.4 Å².